The Labute approximate surface area is 207 Å². The molecule has 2 fully saturated rings. The summed E-state index contributed by atoms with van der Waals surface area (Å²) < 4.78 is 17.7. The monoisotopic (exact) mass is 488 g/mol. The van der Waals surface area contributed by atoms with E-state index in [1.165, 1.54) is 4.90 Å². The van der Waals surface area contributed by atoms with Crippen LogP contribution in [0, 0.1) is 5.92 Å². The van der Waals surface area contributed by atoms with Crippen molar-refractivity contribution in [3.63, 3.8) is 0 Å². The first kappa shape index (κ1) is 27.0. The van der Waals surface area contributed by atoms with Gasteiger partial charge >= 0.3 is 19.2 Å². The molecule has 1 aromatic rings. The fourth-order valence-electron chi connectivity index (χ4n) is 4.11. The van der Waals surface area contributed by atoms with E-state index < -0.39 is 47.9 Å². The van der Waals surface area contributed by atoms with Gasteiger partial charge in [0.15, 0.2) is 0 Å². The number of carboxylic acid groups (broad SMARTS) is 1. The quantitative estimate of drug-likeness (QED) is 0.591. The molecule has 2 N–H and O–H groups in total. The van der Waals surface area contributed by atoms with Gasteiger partial charge in [0.05, 0.1) is 17.1 Å². The maximum atomic E-state index is 13.3. The number of carboxylic acids is 1. The third-order valence-electron chi connectivity index (χ3n) is 6.75. The molecule has 0 saturated carbocycles. The van der Waals surface area contributed by atoms with Gasteiger partial charge in [-0.3, -0.25) is 9.59 Å². The van der Waals surface area contributed by atoms with Gasteiger partial charge in [0.1, 0.15) is 11.6 Å². The summed E-state index contributed by atoms with van der Waals surface area (Å²) in [6.07, 6.45) is -0.107. The Morgan fingerprint density at radius 3 is 2.37 bits per heavy atom. The number of amides is 2. The van der Waals surface area contributed by atoms with Crippen molar-refractivity contribution in [2.24, 2.45) is 5.92 Å². The van der Waals surface area contributed by atoms with Gasteiger partial charge in [0, 0.05) is 19.5 Å². The number of carbonyl (C=O) groups excluding carboxylic acids is 2. The molecule has 2 aliphatic heterocycles. The highest BCUT2D eigenvalue weighted by Crippen LogP contribution is 2.36. The molecule has 0 aliphatic carbocycles. The summed E-state index contributed by atoms with van der Waals surface area (Å²) in [7, 11) is -0.553. The number of alkyl carbamates (subject to hydrolysis) is 1. The second-order valence-electron chi connectivity index (χ2n) is 11.3. The van der Waals surface area contributed by atoms with Crippen LogP contribution in [0.5, 0.6) is 0 Å². The van der Waals surface area contributed by atoms with Gasteiger partial charge in [0.2, 0.25) is 5.91 Å². The molecule has 3 rings (SSSR count). The number of hydrogen-bond acceptors (Lipinski definition) is 6. The van der Waals surface area contributed by atoms with Crippen molar-refractivity contribution in [3.8, 4) is 0 Å². The molecule has 0 spiro atoms. The maximum absolute atomic E-state index is 13.3. The number of benzene rings is 1. The first-order valence-corrected chi connectivity index (χ1v) is 12.0. The summed E-state index contributed by atoms with van der Waals surface area (Å²) in [4.78, 5) is 38.7. The second kappa shape index (κ2) is 9.81. The molecule has 0 radical (unpaired) electrons. The Bertz CT molecular complexity index is 957. The van der Waals surface area contributed by atoms with Crippen LogP contribution in [0.2, 0.25) is 0 Å². The van der Waals surface area contributed by atoms with Crippen LogP contribution in [0.3, 0.4) is 0 Å². The average Bonchev–Trinajstić information content (AvgIpc) is 3.28. The number of rotatable bonds is 6. The summed E-state index contributed by atoms with van der Waals surface area (Å²) in [6.45, 7) is 13.6. The number of nitrogens with one attached hydrogen (secondary N) is 1. The number of carbonyl (C=O) groups is 3. The lowest BCUT2D eigenvalue weighted by Gasteiger charge is -2.32. The summed E-state index contributed by atoms with van der Waals surface area (Å²) in [5.41, 5.74) is -0.0737. The predicted octanol–water partition coefficient (Wildman–Crippen LogP) is 2.35. The molecule has 9 nitrogen and oxygen atoms in total. The SMILES string of the molecule is CC(C)(C)OC(=O)N[C@@H](Cc1cccc(B2OC(C)(C)C(C)(C)O2)c1)C(=O)N1CC[C@H](C(=O)O)C1. The minimum atomic E-state index is -0.924. The number of ether oxygens (including phenoxy) is 1. The lowest BCUT2D eigenvalue weighted by molar-refractivity contribution is -0.141. The molecule has 2 saturated heterocycles. The van der Waals surface area contributed by atoms with Crippen molar-refractivity contribution < 1.29 is 33.5 Å². The number of likely N-dealkylation sites (tertiary alicyclic amines) is 1. The van der Waals surface area contributed by atoms with Gasteiger partial charge in [-0.15, -0.1) is 0 Å². The summed E-state index contributed by atoms with van der Waals surface area (Å²) in [6, 6.07) is 6.63. The van der Waals surface area contributed by atoms with Crippen LogP contribution in [-0.2, 0) is 30.1 Å². The zero-order valence-electron chi connectivity index (χ0n) is 21.7. The van der Waals surface area contributed by atoms with E-state index in [1.807, 2.05) is 52.0 Å². The molecule has 2 amide bonds. The molecule has 35 heavy (non-hydrogen) atoms. The Morgan fingerprint density at radius 1 is 1.20 bits per heavy atom. The average molecular weight is 488 g/mol. The van der Waals surface area contributed by atoms with E-state index in [4.69, 9.17) is 14.0 Å². The second-order valence-corrected chi connectivity index (χ2v) is 11.3. The van der Waals surface area contributed by atoms with E-state index >= 15 is 0 Å². The van der Waals surface area contributed by atoms with Crippen molar-refractivity contribution in [1.29, 1.82) is 0 Å². The van der Waals surface area contributed by atoms with Crippen LogP contribution in [0.25, 0.3) is 0 Å². The normalized spacial score (nSPS) is 22.1. The molecular formula is C25H37BN2O7. The van der Waals surface area contributed by atoms with Gasteiger partial charge in [-0.1, -0.05) is 24.3 Å². The predicted molar refractivity (Wildman–Crippen MR) is 131 cm³/mol. The van der Waals surface area contributed by atoms with E-state index in [1.54, 1.807) is 20.8 Å². The minimum Gasteiger partial charge on any atom is -0.481 e. The molecule has 2 atom stereocenters. The topological polar surface area (TPSA) is 114 Å². The van der Waals surface area contributed by atoms with Crippen LogP contribution >= 0.6 is 0 Å². The molecule has 0 aromatic heterocycles. The Balaban J connectivity index is 1.79. The highest BCUT2D eigenvalue weighted by Gasteiger charge is 2.51. The van der Waals surface area contributed by atoms with Crippen molar-refractivity contribution in [3.05, 3.63) is 29.8 Å². The van der Waals surface area contributed by atoms with E-state index in [2.05, 4.69) is 5.32 Å². The maximum Gasteiger partial charge on any atom is 0.494 e. The summed E-state index contributed by atoms with van der Waals surface area (Å²) in [5, 5.41) is 12.0. The van der Waals surface area contributed by atoms with E-state index in [0.29, 0.717) is 13.0 Å². The molecule has 10 heteroatoms. The van der Waals surface area contributed by atoms with E-state index in [-0.39, 0.29) is 18.9 Å². The van der Waals surface area contributed by atoms with Gasteiger partial charge in [-0.2, -0.15) is 0 Å². The largest absolute Gasteiger partial charge is 0.494 e. The van der Waals surface area contributed by atoms with Crippen LogP contribution in [0.1, 0.15) is 60.5 Å². The highest BCUT2D eigenvalue weighted by atomic mass is 16.7. The molecule has 2 aliphatic rings. The molecule has 0 unspecified atom stereocenters. The number of aliphatic carboxylic acids is 1. The van der Waals surface area contributed by atoms with E-state index in [0.717, 1.165) is 11.0 Å². The lowest BCUT2D eigenvalue weighted by atomic mass is 9.78. The third-order valence-corrected chi connectivity index (χ3v) is 6.75. The Hall–Kier alpha value is -2.59. The van der Waals surface area contributed by atoms with Crippen LogP contribution in [-0.4, -0.2) is 71.0 Å². The van der Waals surface area contributed by atoms with Crippen LogP contribution < -0.4 is 10.8 Å². The zero-order valence-corrected chi connectivity index (χ0v) is 21.7. The summed E-state index contributed by atoms with van der Waals surface area (Å²) >= 11 is 0. The molecular weight excluding hydrogens is 451 g/mol. The van der Waals surface area contributed by atoms with Crippen molar-refractivity contribution in [1.82, 2.24) is 10.2 Å². The minimum absolute atomic E-state index is 0.120. The Kier molecular flexibility index (Phi) is 7.57. The fourth-order valence-corrected chi connectivity index (χ4v) is 4.11. The van der Waals surface area contributed by atoms with Gasteiger partial charge in [0.25, 0.3) is 0 Å². The highest BCUT2D eigenvalue weighted by molar-refractivity contribution is 6.62. The van der Waals surface area contributed by atoms with Crippen LogP contribution in [0.15, 0.2) is 24.3 Å². The van der Waals surface area contributed by atoms with Gasteiger partial charge in [-0.05, 0) is 65.9 Å². The summed E-state index contributed by atoms with van der Waals surface area (Å²) in [5.74, 6) is -1.86. The first-order chi connectivity index (χ1) is 16.1. The molecule has 1 aromatic carbocycles. The van der Waals surface area contributed by atoms with Crippen molar-refractivity contribution in [2.45, 2.75) is 84.2 Å². The van der Waals surface area contributed by atoms with Crippen molar-refractivity contribution in [2.75, 3.05) is 13.1 Å². The smallest absolute Gasteiger partial charge is 0.481 e. The molecule has 0 bridgehead atoms. The first-order valence-electron chi connectivity index (χ1n) is 12.0. The third kappa shape index (κ3) is 6.55. The van der Waals surface area contributed by atoms with Gasteiger partial charge in [-0.25, -0.2) is 4.79 Å². The number of hydrogen-bond donors (Lipinski definition) is 2. The van der Waals surface area contributed by atoms with Crippen molar-refractivity contribution >= 4 is 30.6 Å². The standard InChI is InChI=1S/C25H37BN2O7/c1-23(2,3)33-22(32)27-19(20(29)28-12-11-17(15-28)21(30)31)14-16-9-8-10-18(13-16)26-34-24(4,5)25(6,7)35-26/h8-10,13,17,19H,11-12,14-15H2,1-7H3,(H,27,32)(H,30,31)/t17-,19-/m0/s1. The van der Waals surface area contributed by atoms with Crippen LogP contribution in [0.4, 0.5) is 4.79 Å². The lowest BCUT2D eigenvalue weighted by Crippen LogP contribution is -2.50. The number of nitrogens with zero attached hydrogens (tertiary/aromatic N) is 1. The molecule has 192 valence electrons. The van der Waals surface area contributed by atoms with E-state index in [9.17, 15) is 19.5 Å². The fraction of sp³-hybridized carbons (Fsp3) is 0.640. The Morgan fingerprint density at radius 2 is 1.83 bits per heavy atom. The zero-order chi connectivity index (χ0) is 26.2. The van der Waals surface area contributed by atoms with Gasteiger partial charge < -0.3 is 29.4 Å². The molecule has 2 heterocycles.